The summed E-state index contributed by atoms with van der Waals surface area (Å²) in [5.41, 5.74) is 6.20. The number of ether oxygens (including phenoxy) is 1. The lowest BCUT2D eigenvalue weighted by atomic mass is 9.96. The van der Waals surface area contributed by atoms with Gasteiger partial charge in [0.05, 0.1) is 18.6 Å². The van der Waals surface area contributed by atoms with Crippen molar-refractivity contribution in [3.63, 3.8) is 0 Å². The second-order valence-corrected chi connectivity index (χ2v) is 5.09. The largest absolute Gasteiger partial charge is 0.496 e. The van der Waals surface area contributed by atoms with Crippen molar-refractivity contribution in [3.8, 4) is 5.75 Å². The molecule has 7 heteroatoms. The number of methoxy groups -OCH3 is 1. The van der Waals surface area contributed by atoms with Gasteiger partial charge in [0.15, 0.2) is 0 Å². The van der Waals surface area contributed by atoms with Gasteiger partial charge in [-0.05, 0) is 31.0 Å². The summed E-state index contributed by atoms with van der Waals surface area (Å²) in [4.78, 5) is 13.6. The minimum absolute atomic E-state index is 0.0569. The Kier molecular flexibility index (Phi) is 4.29. The molecule has 1 aromatic rings. The van der Waals surface area contributed by atoms with Gasteiger partial charge in [-0.3, -0.25) is 4.79 Å². The number of nitrogens with two attached hydrogens (primary N) is 1. The van der Waals surface area contributed by atoms with Crippen LogP contribution in [0, 0.1) is 5.92 Å². The summed E-state index contributed by atoms with van der Waals surface area (Å²) in [6.07, 6.45) is -3.89. The van der Waals surface area contributed by atoms with Crippen LogP contribution < -0.4 is 10.5 Å². The van der Waals surface area contributed by atoms with Crippen LogP contribution in [0.25, 0.3) is 0 Å². The lowest BCUT2D eigenvalue weighted by Gasteiger charge is -2.34. The molecule has 1 atom stereocenters. The predicted octanol–water partition coefficient (Wildman–Crippen LogP) is 2.69. The van der Waals surface area contributed by atoms with E-state index in [9.17, 15) is 18.0 Å². The Morgan fingerprint density at radius 2 is 2.14 bits per heavy atom. The highest BCUT2D eigenvalue weighted by Gasteiger charge is 2.43. The lowest BCUT2D eigenvalue weighted by Crippen LogP contribution is -2.44. The second kappa shape index (κ2) is 5.83. The molecule has 2 N–H and O–H groups in total. The summed E-state index contributed by atoms with van der Waals surface area (Å²) < 4.78 is 43.5. The highest BCUT2D eigenvalue weighted by molar-refractivity contribution is 5.97. The van der Waals surface area contributed by atoms with E-state index in [2.05, 4.69) is 0 Å². The van der Waals surface area contributed by atoms with Crippen molar-refractivity contribution < 1.29 is 22.7 Å². The molecule has 4 nitrogen and oxygen atoms in total. The lowest BCUT2D eigenvalue weighted by molar-refractivity contribution is -0.184. The third-order valence-corrected chi connectivity index (χ3v) is 3.63. The molecule has 1 amide bonds. The Bertz CT molecular complexity index is 531. The maximum absolute atomic E-state index is 12.8. The summed E-state index contributed by atoms with van der Waals surface area (Å²) in [5.74, 6) is -1.64. The van der Waals surface area contributed by atoms with Crippen LogP contribution in [0.4, 0.5) is 18.9 Å². The second-order valence-electron chi connectivity index (χ2n) is 5.09. The van der Waals surface area contributed by atoms with Gasteiger partial charge in [0.1, 0.15) is 5.75 Å². The number of carbonyl (C=O) groups is 1. The Morgan fingerprint density at radius 1 is 1.43 bits per heavy atom. The summed E-state index contributed by atoms with van der Waals surface area (Å²) in [6.45, 7) is -0.0103. The minimum Gasteiger partial charge on any atom is -0.496 e. The molecule has 1 unspecified atom stereocenters. The van der Waals surface area contributed by atoms with Crippen LogP contribution in [-0.4, -0.2) is 37.2 Å². The number of alkyl halides is 3. The van der Waals surface area contributed by atoms with Crippen molar-refractivity contribution in [1.29, 1.82) is 0 Å². The smallest absolute Gasteiger partial charge is 0.393 e. The van der Waals surface area contributed by atoms with E-state index in [0.717, 1.165) is 0 Å². The highest BCUT2D eigenvalue weighted by Crippen LogP contribution is 2.34. The molecule has 21 heavy (non-hydrogen) atoms. The van der Waals surface area contributed by atoms with Gasteiger partial charge in [0.2, 0.25) is 0 Å². The van der Waals surface area contributed by atoms with Gasteiger partial charge in [-0.2, -0.15) is 13.2 Å². The molecule has 1 saturated heterocycles. The Labute approximate surface area is 120 Å². The fourth-order valence-electron chi connectivity index (χ4n) is 2.49. The van der Waals surface area contributed by atoms with Gasteiger partial charge >= 0.3 is 6.18 Å². The van der Waals surface area contributed by atoms with Gasteiger partial charge in [-0.15, -0.1) is 0 Å². The molecule has 0 bridgehead atoms. The van der Waals surface area contributed by atoms with E-state index in [0.29, 0.717) is 24.4 Å². The minimum atomic E-state index is -4.28. The van der Waals surface area contributed by atoms with Crippen molar-refractivity contribution in [2.45, 2.75) is 19.0 Å². The molecule has 1 aromatic carbocycles. The molecular weight excluding hydrogens is 285 g/mol. The number of hydrogen-bond acceptors (Lipinski definition) is 3. The van der Waals surface area contributed by atoms with Gasteiger partial charge < -0.3 is 15.4 Å². The molecule has 1 aliphatic rings. The van der Waals surface area contributed by atoms with Crippen molar-refractivity contribution in [2.24, 2.45) is 5.92 Å². The first kappa shape index (κ1) is 15.5. The van der Waals surface area contributed by atoms with Crippen molar-refractivity contribution >= 4 is 11.6 Å². The monoisotopic (exact) mass is 302 g/mol. The molecule has 0 spiro atoms. The zero-order valence-corrected chi connectivity index (χ0v) is 11.6. The SMILES string of the molecule is COc1ccc(N)cc1C(=O)N1CCCC(C(F)(F)F)C1. The molecule has 0 radical (unpaired) electrons. The standard InChI is InChI=1S/C14H17F3N2O2/c1-21-12-5-4-10(18)7-11(12)13(20)19-6-2-3-9(8-19)14(15,16)17/h4-5,7,9H,2-3,6,8,18H2,1H3. The van der Waals surface area contributed by atoms with E-state index in [-0.39, 0.29) is 18.5 Å². The van der Waals surface area contributed by atoms with E-state index in [1.165, 1.54) is 24.1 Å². The normalized spacial score (nSPS) is 19.4. The van der Waals surface area contributed by atoms with Crippen molar-refractivity contribution in [1.82, 2.24) is 4.90 Å². The number of carbonyl (C=O) groups excluding carboxylic acids is 1. The first-order valence-electron chi connectivity index (χ1n) is 6.62. The Hall–Kier alpha value is -1.92. The number of halogens is 3. The number of nitrogen functional groups attached to an aromatic ring is 1. The average molecular weight is 302 g/mol. The summed E-state index contributed by atoms with van der Waals surface area (Å²) in [6, 6.07) is 4.54. The first-order chi connectivity index (χ1) is 9.82. The third kappa shape index (κ3) is 3.40. The quantitative estimate of drug-likeness (QED) is 0.855. The number of rotatable bonds is 2. The zero-order valence-electron chi connectivity index (χ0n) is 11.6. The van der Waals surface area contributed by atoms with E-state index >= 15 is 0 Å². The van der Waals surface area contributed by atoms with Crippen LogP contribution in [0.2, 0.25) is 0 Å². The number of hydrogen-bond donors (Lipinski definition) is 1. The summed E-state index contributed by atoms with van der Waals surface area (Å²) in [5, 5.41) is 0. The topological polar surface area (TPSA) is 55.6 Å². The van der Waals surface area contributed by atoms with E-state index in [4.69, 9.17) is 10.5 Å². The van der Waals surface area contributed by atoms with E-state index < -0.39 is 18.0 Å². The molecule has 1 aliphatic heterocycles. The highest BCUT2D eigenvalue weighted by atomic mass is 19.4. The van der Waals surface area contributed by atoms with Gasteiger partial charge in [-0.1, -0.05) is 0 Å². The van der Waals surface area contributed by atoms with E-state index in [1.807, 2.05) is 0 Å². The Balaban J connectivity index is 2.22. The van der Waals surface area contributed by atoms with Crippen LogP contribution in [0.15, 0.2) is 18.2 Å². The van der Waals surface area contributed by atoms with E-state index in [1.54, 1.807) is 6.07 Å². The fourth-order valence-corrected chi connectivity index (χ4v) is 2.49. The predicted molar refractivity (Wildman–Crippen MR) is 72.1 cm³/mol. The van der Waals surface area contributed by atoms with Crippen LogP contribution in [-0.2, 0) is 0 Å². The molecule has 1 heterocycles. The van der Waals surface area contributed by atoms with Crippen molar-refractivity contribution in [3.05, 3.63) is 23.8 Å². The molecule has 0 saturated carbocycles. The maximum Gasteiger partial charge on any atom is 0.393 e. The molecule has 2 rings (SSSR count). The molecule has 0 aromatic heterocycles. The van der Waals surface area contributed by atoms with Gasteiger partial charge in [0, 0.05) is 18.8 Å². The number of anilines is 1. The third-order valence-electron chi connectivity index (χ3n) is 3.63. The van der Waals surface area contributed by atoms with Gasteiger partial charge in [0.25, 0.3) is 5.91 Å². The zero-order chi connectivity index (χ0) is 15.6. The summed E-state index contributed by atoms with van der Waals surface area (Å²) >= 11 is 0. The van der Waals surface area contributed by atoms with Crippen LogP contribution in [0.1, 0.15) is 23.2 Å². The first-order valence-corrected chi connectivity index (χ1v) is 6.62. The van der Waals surface area contributed by atoms with Crippen molar-refractivity contribution in [2.75, 3.05) is 25.9 Å². The number of benzene rings is 1. The average Bonchev–Trinajstić information content (AvgIpc) is 2.45. The number of likely N-dealkylation sites (tertiary alicyclic amines) is 1. The van der Waals surface area contributed by atoms with Crippen LogP contribution >= 0.6 is 0 Å². The van der Waals surface area contributed by atoms with Crippen LogP contribution in [0.3, 0.4) is 0 Å². The summed E-state index contributed by atoms with van der Waals surface area (Å²) in [7, 11) is 1.40. The fraction of sp³-hybridized carbons (Fsp3) is 0.500. The molecule has 116 valence electrons. The number of nitrogens with zero attached hydrogens (tertiary/aromatic N) is 1. The number of amides is 1. The molecule has 1 fully saturated rings. The molecule has 0 aliphatic carbocycles. The Morgan fingerprint density at radius 3 is 2.76 bits per heavy atom. The van der Waals surface area contributed by atoms with Gasteiger partial charge in [-0.25, -0.2) is 0 Å². The van der Waals surface area contributed by atoms with Crippen LogP contribution in [0.5, 0.6) is 5.75 Å². The maximum atomic E-state index is 12.8. The number of piperidine rings is 1. The molecular formula is C14H17F3N2O2.